The average molecular weight is 296 g/mol. The number of nitrogens with zero attached hydrogens (tertiary/aromatic N) is 1. The monoisotopic (exact) mass is 296 g/mol. The van der Waals surface area contributed by atoms with Crippen molar-refractivity contribution in [1.29, 1.82) is 0 Å². The standard InChI is InChI=1S/C22H18N/c1-23-16-20(19-14-8-9-15-21(19)23)22(17-10-4-2-5-11-17)18-12-6-3-7-13-18/h2-16H,1H3/q+1. The Morgan fingerprint density at radius 2 is 1.17 bits per heavy atom. The van der Waals surface area contributed by atoms with Crippen LogP contribution in [0.1, 0.15) is 16.7 Å². The maximum absolute atomic E-state index is 2.24. The molecule has 1 aliphatic rings. The molecule has 0 amide bonds. The van der Waals surface area contributed by atoms with Gasteiger partial charge >= 0.3 is 0 Å². The van der Waals surface area contributed by atoms with Crippen LogP contribution in [0.15, 0.2) is 84.9 Å². The molecule has 3 aromatic rings. The van der Waals surface area contributed by atoms with Crippen LogP contribution >= 0.6 is 0 Å². The number of para-hydroxylation sites is 1. The van der Waals surface area contributed by atoms with Crippen molar-refractivity contribution in [3.05, 3.63) is 102 Å². The topological polar surface area (TPSA) is 3.01 Å². The molecule has 0 bridgehead atoms. The summed E-state index contributed by atoms with van der Waals surface area (Å²) in [4.78, 5) is 0. The summed E-state index contributed by atoms with van der Waals surface area (Å²) in [6, 6.07) is 29.9. The molecule has 0 fully saturated rings. The van der Waals surface area contributed by atoms with Gasteiger partial charge in [0.05, 0.1) is 11.1 Å². The van der Waals surface area contributed by atoms with Crippen molar-refractivity contribution in [2.45, 2.75) is 0 Å². The number of hydrogen-bond donors (Lipinski definition) is 0. The van der Waals surface area contributed by atoms with E-state index < -0.39 is 0 Å². The molecular formula is C22H18N+. The third kappa shape index (κ3) is 2.40. The third-order valence-electron chi connectivity index (χ3n) is 4.29. The fourth-order valence-electron chi connectivity index (χ4n) is 3.23. The Bertz CT molecular complexity index is 861. The Hall–Kier alpha value is -2.93. The fourth-order valence-corrected chi connectivity index (χ4v) is 3.23. The highest BCUT2D eigenvalue weighted by molar-refractivity contribution is 6.23. The second kappa shape index (κ2) is 5.69. The molecule has 0 atom stereocenters. The van der Waals surface area contributed by atoms with Gasteiger partial charge < -0.3 is 0 Å². The highest BCUT2D eigenvalue weighted by Gasteiger charge is 2.26. The van der Waals surface area contributed by atoms with Crippen molar-refractivity contribution in [2.24, 2.45) is 0 Å². The van der Waals surface area contributed by atoms with Crippen molar-refractivity contribution in [2.75, 3.05) is 7.05 Å². The van der Waals surface area contributed by atoms with E-state index >= 15 is 0 Å². The zero-order valence-electron chi connectivity index (χ0n) is 13.1. The zero-order chi connectivity index (χ0) is 15.6. The molecule has 23 heavy (non-hydrogen) atoms. The molecule has 0 aliphatic carbocycles. The van der Waals surface area contributed by atoms with E-state index in [0.29, 0.717) is 0 Å². The lowest BCUT2D eigenvalue weighted by Gasteiger charge is -2.10. The number of benzene rings is 3. The summed E-state index contributed by atoms with van der Waals surface area (Å²) >= 11 is 0. The van der Waals surface area contributed by atoms with Gasteiger partial charge in [0.15, 0.2) is 6.21 Å². The van der Waals surface area contributed by atoms with Gasteiger partial charge in [0.25, 0.3) is 0 Å². The zero-order valence-corrected chi connectivity index (χ0v) is 13.1. The van der Waals surface area contributed by atoms with Crippen LogP contribution in [0.2, 0.25) is 0 Å². The third-order valence-corrected chi connectivity index (χ3v) is 4.29. The Kier molecular flexibility index (Phi) is 3.39. The van der Waals surface area contributed by atoms with Gasteiger partial charge in [0.2, 0.25) is 5.69 Å². The van der Waals surface area contributed by atoms with Gasteiger partial charge in [-0.2, -0.15) is 0 Å². The van der Waals surface area contributed by atoms with Crippen LogP contribution in [0.25, 0.3) is 11.1 Å². The van der Waals surface area contributed by atoms with Gasteiger partial charge in [-0.25, -0.2) is 4.58 Å². The summed E-state index contributed by atoms with van der Waals surface area (Å²) < 4.78 is 2.20. The van der Waals surface area contributed by atoms with Gasteiger partial charge in [-0.1, -0.05) is 72.8 Å². The Morgan fingerprint density at radius 3 is 1.78 bits per heavy atom. The lowest BCUT2D eigenvalue weighted by atomic mass is 9.90. The molecule has 0 radical (unpaired) electrons. The average Bonchev–Trinajstić information content (AvgIpc) is 2.94. The fraction of sp³-hybridized carbons (Fsp3) is 0.0455. The van der Waals surface area contributed by atoms with E-state index in [2.05, 4.69) is 103 Å². The van der Waals surface area contributed by atoms with Crippen LogP contribution < -0.4 is 0 Å². The van der Waals surface area contributed by atoms with Crippen molar-refractivity contribution in [3.63, 3.8) is 0 Å². The normalized spacial score (nSPS) is 12.7. The van der Waals surface area contributed by atoms with E-state index in [9.17, 15) is 0 Å². The van der Waals surface area contributed by atoms with Gasteiger partial charge in [0.1, 0.15) is 7.05 Å². The van der Waals surface area contributed by atoms with E-state index in [1.54, 1.807) is 0 Å². The Labute approximate surface area is 136 Å². The number of fused-ring (bicyclic) bond motifs is 1. The summed E-state index contributed by atoms with van der Waals surface area (Å²) in [5, 5.41) is 0. The molecular weight excluding hydrogens is 278 g/mol. The first-order chi connectivity index (χ1) is 11.3. The van der Waals surface area contributed by atoms with Gasteiger partial charge in [0, 0.05) is 11.6 Å². The largest absolute Gasteiger partial charge is 0.213 e. The van der Waals surface area contributed by atoms with E-state index in [0.717, 1.165) is 0 Å². The van der Waals surface area contributed by atoms with Gasteiger partial charge in [-0.3, -0.25) is 0 Å². The van der Waals surface area contributed by atoms with E-state index in [1.807, 2.05) is 0 Å². The molecule has 3 aromatic carbocycles. The maximum atomic E-state index is 2.24. The first-order valence-electron chi connectivity index (χ1n) is 7.87. The van der Waals surface area contributed by atoms with E-state index in [1.165, 1.54) is 33.5 Å². The molecule has 1 heterocycles. The van der Waals surface area contributed by atoms with Crippen molar-refractivity contribution >= 4 is 23.0 Å². The summed E-state index contributed by atoms with van der Waals surface area (Å²) in [6.45, 7) is 0. The highest BCUT2D eigenvalue weighted by atomic mass is 15.0. The molecule has 0 spiro atoms. The van der Waals surface area contributed by atoms with Crippen molar-refractivity contribution in [3.8, 4) is 0 Å². The molecule has 1 aliphatic heterocycles. The minimum absolute atomic E-state index is 1.25. The second-order valence-electron chi connectivity index (χ2n) is 5.78. The molecule has 0 N–H and O–H groups in total. The first-order valence-corrected chi connectivity index (χ1v) is 7.87. The van der Waals surface area contributed by atoms with Crippen LogP contribution in [0.3, 0.4) is 0 Å². The number of allylic oxidation sites excluding steroid dienone is 1. The van der Waals surface area contributed by atoms with Crippen LogP contribution in [0, 0.1) is 0 Å². The molecule has 1 nitrogen and oxygen atoms in total. The molecule has 0 saturated carbocycles. The van der Waals surface area contributed by atoms with E-state index in [-0.39, 0.29) is 0 Å². The molecule has 110 valence electrons. The minimum Gasteiger partial charge on any atom is -0.200 e. The smallest absolute Gasteiger partial charge is 0.200 e. The molecule has 4 rings (SSSR count). The van der Waals surface area contributed by atoms with Crippen molar-refractivity contribution < 1.29 is 4.58 Å². The van der Waals surface area contributed by atoms with Gasteiger partial charge in [-0.15, -0.1) is 0 Å². The summed E-state index contributed by atoms with van der Waals surface area (Å²) in [5.41, 5.74) is 7.60. The molecule has 0 aromatic heterocycles. The predicted octanol–water partition coefficient (Wildman–Crippen LogP) is 5.00. The van der Waals surface area contributed by atoms with Crippen LogP contribution in [0.4, 0.5) is 5.69 Å². The van der Waals surface area contributed by atoms with Crippen LogP contribution in [-0.2, 0) is 0 Å². The number of rotatable bonds is 2. The van der Waals surface area contributed by atoms with Crippen LogP contribution in [0.5, 0.6) is 0 Å². The van der Waals surface area contributed by atoms with Crippen molar-refractivity contribution in [1.82, 2.24) is 0 Å². The van der Waals surface area contributed by atoms with Gasteiger partial charge in [-0.05, 0) is 17.2 Å². The maximum Gasteiger partial charge on any atom is 0.213 e. The summed E-state index contributed by atoms with van der Waals surface area (Å²) in [5.74, 6) is 0. The SMILES string of the molecule is C[N+]1=CC(=C(c2ccccc2)c2ccccc2)c2ccccc21. The Balaban J connectivity index is 2.04. The Morgan fingerprint density at radius 1 is 0.652 bits per heavy atom. The minimum atomic E-state index is 1.25. The second-order valence-corrected chi connectivity index (χ2v) is 5.78. The highest BCUT2D eigenvalue weighted by Crippen LogP contribution is 2.38. The molecule has 1 heteroatoms. The summed E-state index contributed by atoms with van der Waals surface area (Å²) in [6.07, 6.45) is 2.24. The lowest BCUT2D eigenvalue weighted by Crippen LogP contribution is -1.95. The van der Waals surface area contributed by atoms with Crippen LogP contribution in [-0.4, -0.2) is 17.8 Å². The lowest BCUT2D eigenvalue weighted by molar-refractivity contribution is -0.395. The first kappa shape index (κ1) is 13.7. The van der Waals surface area contributed by atoms with E-state index in [4.69, 9.17) is 0 Å². The quantitative estimate of drug-likeness (QED) is 0.585. The predicted molar refractivity (Wildman–Crippen MR) is 97.2 cm³/mol. The number of hydrogen-bond acceptors (Lipinski definition) is 0. The molecule has 0 saturated heterocycles. The molecule has 0 unspecified atom stereocenters. The summed E-state index contributed by atoms with van der Waals surface area (Å²) in [7, 11) is 2.11.